The molecule has 1 fully saturated rings. The number of halogens is 1. The fraction of sp³-hybridized carbons (Fsp3) is 0.429. The second-order valence-corrected chi connectivity index (χ2v) is 7.64. The van der Waals surface area contributed by atoms with Crippen molar-refractivity contribution in [3.63, 3.8) is 0 Å². The number of carbonyl (C=O) groups is 2. The zero-order chi connectivity index (χ0) is 20.1. The first-order valence-corrected chi connectivity index (χ1v) is 10.0. The van der Waals surface area contributed by atoms with Gasteiger partial charge in [0, 0.05) is 12.2 Å². The van der Waals surface area contributed by atoms with Crippen molar-refractivity contribution >= 4 is 29.1 Å². The Morgan fingerprint density at radius 1 is 1.18 bits per heavy atom. The van der Waals surface area contributed by atoms with Gasteiger partial charge in [-0.25, -0.2) is 0 Å². The van der Waals surface area contributed by atoms with E-state index >= 15 is 0 Å². The molecule has 0 saturated carbocycles. The van der Waals surface area contributed by atoms with Crippen LogP contribution in [0.3, 0.4) is 0 Å². The Labute approximate surface area is 170 Å². The van der Waals surface area contributed by atoms with E-state index in [1.807, 2.05) is 13.0 Å². The van der Waals surface area contributed by atoms with Crippen LogP contribution in [0.15, 0.2) is 34.7 Å². The molecule has 2 aromatic rings. The van der Waals surface area contributed by atoms with Gasteiger partial charge in [-0.1, -0.05) is 18.5 Å². The number of benzene rings is 1. The summed E-state index contributed by atoms with van der Waals surface area (Å²) in [6.07, 6.45) is 2.39. The maximum atomic E-state index is 12.5. The van der Waals surface area contributed by atoms with E-state index in [2.05, 4.69) is 22.5 Å². The lowest BCUT2D eigenvalue weighted by Crippen LogP contribution is -2.32. The molecule has 0 radical (unpaired) electrons. The number of furan rings is 1. The maximum absolute atomic E-state index is 12.5. The third-order valence-electron chi connectivity index (χ3n) is 4.95. The molecule has 0 unspecified atom stereocenters. The Hall–Kier alpha value is -2.31. The molecule has 0 atom stereocenters. The lowest BCUT2D eigenvalue weighted by atomic mass is 9.99. The van der Waals surface area contributed by atoms with Crippen LogP contribution in [0.5, 0.6) is 0 Å². The first kappa shape index (κ1) is 20.4. The van der Waals surface area contributed by atoms with E-state index in [-0.39, 0.29) is 17.6 Å². The standard InChI is InChI=1S/C21H26ClN3O3/c1-3-23-20(26)17-12-15(4-6-18(17)22)24-21(27)19-7-5-16(28-19)13-25-10-8-14(2)9-11-25/h4-7,12,14H,3,8-11,13H2,1-2H3,(H,23,26)(H,24,27). The Balaban J connectivity index is 1.63. The van der Waals surface area contributed by atoms with E-state index in [1.54, 1.807) is 24.3 Å². The SMILES string of the molecule is CCNC(=O)c1cc(NC(=O)c2ccc(CN3CCC(C)CC3)o2)ccc1Cl. The van der Waals surface area contributed by atoms with Gasteiger partial charge in [-0.15, -0.1) is 0 Å². The number of nitrogens with one attached hydrogen (secondary N) is 2. The van der Waals surface area contributed by atoms with Gasteiger partial charge in [0.2, 0.25) is 0 Å². The van der Waals surface area contributed by atoms with E-state index in [0.29, 0.717) is 29.4 Å². The lowest BCUT2D eigenvalue weighted by molar-refractivity contribution is 0.0953. The van der Waals surface area contributed by atoms with Crippen LogP contribution in [0.25, 0.3) is 0 Å². The molecule has 0 aliphatic carbocycles. The summed E-state index contributed by atoms with van der Waals surface area (Å²) >= 11 is 6.09. The van der Waals surface area contributed by atoms with Crippen LogP contribution in [-0.2, 0) is 6.54 Å². The van der Waals surface area contributed by atoms with Crippen molar-refractivity contribution in [1.82, 2.24) is 10.2 Å². The molecule has 3 rings (SSSR count). The third-order valence-corrected chi connectivity index (χ3v) is 5.28. The second-order valence-electron chi connectivity index (χ2n) is 7.23. The number of anilines is 1. The van der Waals surface area contributed by atoms with Gasteiger partial charge in [0.1, 0.15) is 5.76 Å². The van der Waals surface area contributed by atoms with Crippen molar-refractivity contribution in [1.29, 1.82) is 0 Å². The summed E-state index contributed by atoms with van der Waals surface area (Å²) in [4.78, 5) is 26.9. The number of carbonyl (C=O) groups excluding carboxylic acids is 2. The van der Waals surface area contributed by atoms with E-state index in [1.165, 1.54) is 12.8 Å². The van der Waals surface area contributed by atoms with Gasteiger partial charge in [0.25, 0.3) is 11.8 Å². The zero-order valence-corrected chi connectivity index (χ0v) is 17.0. The number of rotatable bonds is 6. The smallest absolute Gasteiger partial charge is 0.291 e. The summed E-state index contributed by atoms with van der Waals surface area (Å²) in [5, 5.41) is 5.79. The monoisotopic (exact) mass is 403 g/mol. The predicted octanol–water partition coefficient (Wildman–Crippen LogP) is 4.17. The zero-order valence-electron chi connectivity index (χ0n) is 16.3. The number of hydrogen-bond donors (Lipinski definition) is 2. The molecule has 1 aromatic carbocycles. The fourth-order valence-corrected chi connectivity index (χ4v) is 3.45. The van der Waals surface area contributed by atoms with E-state index < -0.39 is 0 Å². The molecule has 2 N–H and O–H groups in total. The third kappa shape index (κ3) is 5.14. The molecule has 7 heteroatoms. The van der Waals surface area contributed by atoms with Crippen LogP contribution in [0.1, 0.15) is 53.4 Å². The summed E-state index contributed by atoms with van der Waals surface area (Å²) in [5.74, 6) is 1.16. The first-order chi connectivity index (χ1) is 13.5. The summed E-state index contributed by atoms with van der Waals surface area (Å²) < 4.78 is 5.73. The van der Waals surface area contributed by atoms with Crippen molar-refractivity contribution in [3.05, 3.63) is 52.4 Å². The second kappa shape index (κ2) is 9.26. The average molecular weight is 404 g/mol. The van der Waals surface area contributed by atoms with Gasteiger partial charge < -0.3 is 15.1 Å². The topological polar surface area (TPSA) is 74.6 Å². The highest BCUT2D eigenvalue weighted by molar-refractivity contribution is 6.34. The number of nitrogens with zero attached hydrogens (tertiary/aromatic N) is 1. The minimum Gasteiger partial charge on any atom is -0.455 e. The van der Waals surface area contributed by atoms with Gasteiger partial charge in [-0.05, 0) is 69.1 Å². The summed E-state index contributed by atoms with van der Waals surface area (Å²) in [6.45, 7) is 7.42. The average Bonchev–Trinajstić information content (AvgIpc) is 3.14. The molecule has 1 aliphatic heterocycles. The van der Waals surface area contributed by atoms with Crippen LogP contribution >= 0.6 is 11.6 Å². The summed E-state index contributed by atoms with van der Waals surface area (Å²) in [7, 11) is 0. The van der Waals surface area contributed by atoms with Gasteiger partial charge in [-0.3, -0.25) is 14.5 Å². The molecule has 0 bridgehead atoms. The van der Waals surface area contributed by atoms with Crippen LogP contribution in [0, 0.1) is 5.92 Å². The molecule has 0 spiro atoms. The van der Waals surface area contributed by atoms with Gasteiger partial charge in [0.15, 0.2) is 5.76 Å². The number of hydrogen-bond acceptors (Lipinski definition) is 4. The van der Waals surface area contributed by atoms with Crippen LogP contribution in [0.2, 0.25) is 5.02 Å². The molecule has 6 nitrogen and oxygen atoms in total. The Morgan fingerprint density at radius 3 is 2.64 bits per heavy atom. The fourth-order valence-electron chi connectivity index (χ4n) is 3.25. The minimum atomic E-state index is -0.359. The van der Waals surface area contributed by atoms with Gasteiger partial charge in [-0.2, -0.15) is 0 Å². The summed E-state index contributed by atoms with van der Waals surface area (Å²) in [5.41, 5.74) is 0.805. The number of amides is 2. The molecule has 150 valence electrons. The molecule has 28 heavy (non-hydrogen) atoms. The van der Waals surface area contributed by atoms with Gasteiger partial charge >= 0.3 is 0 Å². The maximum Gasteiger partial charge on any atom is 0.291 e. The Morgan fingerprint density at radius 2 is 1.93 bits per heavy atom. The predicted molar refractivity (Wildman–Crippen MR) is 110 cm³/mol. The molecular formula is C21H26ClN3O3. The molecule has 1 saturated heterocycles. The first-order valence-electron chi connectivity index (χ1n) is 9.66. The van der Waals surface area contributed by atoms with Crippen LogP contribution in [0.4, 0.5) is 5.69 Å². The normalized spacial score (nSPS) is 15.4. The molecule has 1 aromatic heterocycles. The van der Waals surface area contributed by atoms with E-state index in [4.69, 9.17) is 16.0 Å². The molecular weight excluding hydrogens is 378 g/mol. The highest BCUT2D eigenvalue weighted by Gasteiger charge is 2.19. The molecule has 1 aliphatic rings. The quantitative estimate of drug-likeness (QED) is 0.759. The Bertz CT molecular complexity index is 841. The van der Waals surface area contributed by atoms with Crippen LogP contribution < -0.4 is 10.6 Å². The minimum absolute atomic E-state index is 0.245. The largest absolute Gasteiger partial charge is 0.455 e. The highest BCUT2D eigenvalue weighted by Crippen LogP contribution is 2.22. The number of likely N-dealkylation sites (tertiary alicyclic amines) is 1. The highest BCUT2D eigenvalue weighted by atomic mass is 35.5. The van der Waals surface area contributed by atoms with Crippen molar-refractivity contribution in [2.75, 3.05) is 25.0 Å². The van der Waals surface area contributed by atoms with Crippen molar-refractivity contribution in [2.24, 2.45) is 5.92 Å². The Kier molecular flexibility index (Phi) is 6.75. The van der Waals surface area contributed by atoms with Crippen molar-refractivity contribution < 1.29 is 14.0 Å². The van der Waals surface area contributed by atoms with Crippen LogP contribution in [-0.4, -0.2) is 36.3 Å². The van der Waals surface area contributed by atoms with Crippen molar-refractivity contribution in [3.8, 4) is 0 Å². The lowest BCUT2D eigenvalue weighted by Gasteiger charge is -2.29. The summed E-state index contributed by atoms with van der Waals surface area (Å²) in [6, 6.07) is 8.32. The molecule has 2 heterocycles. The van der Waals surface area contributed by atoms with Gasteiger partial charge in [0.05, 0.1) is 17.1 Å². The van der Waals surface area contributed by atoms with E-state index in [9.17, 15) is 9.59 Å². The van der Waals surface area contributed by atoms with E-state index in [0.717, 1.165) is 24.8 Å². The number of piperidine rings is 1. The van der Waals surface area contributed by atoms with Crippen molar-refractivity contribution in [2.45, 2.75) is 33.2 Å². The molecule has 2 amide bonds.